The molecule has 0 saturated carbocycles. The van der Waals surface area contributed by atoms with Crippen molar-refractivity contribution in [1.82, 2.24) is 9.88 Å². The highest BCUT2D eigenvalue weighted by Gasteiger charge is 2.14. The number of hydrogen-bond acceptors (Lipinski definition) is 6. The van der Waals surface area contributed by atoms with Crippen molar-refractivity contribution in [2.24, 2.45) is 4.99 Å². The molecule has 0 aliphatic carbocycles. The van der Waals surface area contributed by atoms with Crippen molar-refractivity contribution in [3.05, 3.63) is 69.5 Å². The largest absolute Gasteiger partial charge is 0.494 e. The summed E-state index contributed by atoms with van der Waals surface area (Å²) in [5.41, 5.74) is 4.20. The number of aromatic amines is 1. The van der Waals surface area contributed by atoms with Gasteiger partial charge in [-0.25, -0.2) is 0 Å². The van der Waals surface area contributed by atoms with Crippen LogP contribution in [0.2, 0.25) is 0 Å². The standard InChI is InChI=1S/C26H27N5O2/c1-17(15-27)18(2)19-4-9-22-23(14-19)24(26(33)29-25(22)32)16-28-20-5-7-21(8-6-20)31-12-10-30(3)11-13-31/h4-9,14,16H,10-13H2,1-3H3,(H2,29,32,33). The second-order valence-electron chi connectivity index (χ2n) is 8.40. The maximum absolute atomic E-state index is 12.4. The summed E-state index contributed by atoms with van der Waals surface area (Å²) < 4.78 is 0. The van der Waals surface area contributed by atoms with Crippen LogP contribution in [0.15, 0.2) is 57.8 Å². The van der Waals surface area contributed by atoms with E-state index in [9.17, 15) is 15.2 Å². The van der Waals surface area contributed by atoms with Crippen molar-refractivity contribution in [2.45, 2.75) is 13.8 Å². The average molecular weight is 442 g/mol. The molecule has 4 rings (SSSR count). The zero-order chi connectivity index (χ0) is 23.5. The van der Waals surface area contributed by atoms with Crippen molar-refractivity contribution in [3.63, 3.8) is 0 Å². The van der Waals surface area contributed by atoms with Crippen LogP contribution in [0.1, 0.15) is 25.0 Å². The van der Waals surface area contributed by atoms with Crippen LogP contribution in [0, 0.1) is 11.3 Å². The third-order valence-electron chi connectivity index (χ3n) is 6.27. The molecule has 2 aromatic carbocycles. The molecule has 33 heavy (non-hydrogen) atoms. The van der Waals surface area contributed by atoms with Crippen LogP contribution < -0.4 is 10.5 Å². The summed E-state index contributed by atoms with van der Waals surface area (Å²) in [5, 5.41) is 20.7. The molecule has 0 radical (unpaired) electrons. The van der Waals surface area contributed by atoms with Crippen molar-refractivity contribution >= 4 is 33.9 Å². The summed E-state index contributed by atoms with van der Waals surface area (Å²) in [6.07, 6.45) is 1.57. The number of allylic oxidation sites excluding steroid dienone is 2. The van der Waals surface area contributed by atoms with Gasteiger partial charge in [-0.3, -0.25) is 14.8 Å². The quantitative estimate of drug-likeness (QED) is 0.470. The van der Waals surface area contributed by atoms with Gasteiger partial charge in [0.05, 0.1) is 17.3 Å². The van der Waals surface area contributed by atoms with Crippen LogP contribution in [-0.4, -0.2) is 54.4 Å². The van der Waals surface area contributed by atoms with Crippen molar-refractivity contribution in [1.29, 1.82) is 5.26 Å². The van der Waals surface area contributed by atoms with Gasteiger partial charge in [0.2, 0.25) is 5.88 Å². The predicted octanol–water partition coefficient (Wildman–Crippen LogP) is 4.05. The first-order chi connectivity index (χ1) is 15.9. The number of benzene rings is 2. The van der Waals surface area contributed by atoms with Crippen molar-refractivity contribution < 1.29 is 5.11 Å². The highest BCUT2D eigenvalue weighted by atomic mass is 16.3. The third-order valence-corrected chi connectivity index (χ3v) is 6.27. The Morgan fingerprint density at radius 1 is 1.09 bits per heavy atom. The molecule has 0 bridgehead atoms. The van der Waals surface area contributed by atoms with Crippen LogP contribution in [0.4, 0.5) is 11.4 Å². The minimum atomic E-state index is -0.374. The van der Waals surface area contributed by atoms with E-state index in [0.29, 0.717) is 21.9 Å². The maximum Gasteiger partial charge on any atom is 0.258 e. The molecule has 1 fully saturated rings. The molecule has 0 unspecified atom stereocenters. The fraction of sp³-hybridized carbons (Fsp3) is 0.269. The van der Waals surface area contributed by atoms with E-state index in [0.717, 1.165) is 43.0 Å². The predicted molar refractivity (Wildman–Crippen MR) is 134 cm³/mol. The number of nitrogens with zero attached hydrogens (tertiary/aromatic N) is 4. The number of H-pyrrole nitrogens is 1. The van der Waals surface area contributed by atoms with E-state index < -0.39 is 0 Å². The van der Waals surface area contributed by atoms with E-state index in [4.69, 9.17) is 0 Å². The molecule has 7 heteroatoms. The van der Waals surface area contributed by atoms with Gasteiger partial charge in [-0.1, -0.05) is 6.07 Å². The van der Waals surface area contributed by atoms with Crippen LogP contribution in [0.25, 0.3) is 16.3 Å². The molecule has 0 atom stereocenters. The molecule has 2 heterocycles. The number of fused-ring (bicyclic) bond motifs is 1. The second-order valence-corrected chi connectivity index (χ2v) is 8.40. The van der Waals surface area contributed by atoms with Gasteiger partial charge in [0, 0.05) is 54.4 Å². The number of rotatable bonds is 4. The van der Waals surface area contributed by atoms with Crippen LogP contribution in [0.3, 0.4) is 0 Å². The van der Waals surface area contributed by atoms with Gasteiger partial charge in [-0.15, -0.1) is 0 Å². The lowest BCUT2D eigenvalue weighted by molar-refractivity contribution is 0.313. The summed E-state index contributed by atoms with van der Waals surface area (Å²) in [4.78, 5) is 24.1. The molecule has 1 aromatic heterocycles. The number of anilines is 1. The van der Waals surface area contributed by atoms with Crippen molar-refractivity contribution in [2.75, 3.05) is 38.1 Å². The molecule has 1 aliphatic rings. The lowest BCUT2D eigenvalue weighted by Gasteiger charge is -2.34. The van der Waals surface area contributed by atoms with Crippen LogP contribution in [-0.2, 0) is 0 Å². The van der Waals surface area contributed by atoms with E-state index in [-0.39, 0.29) is 11.4 Å². The molecule has 0 spiro atoms. The van der Waals surface area contributed by atoms with Gasteiger partial charge in [0.25, 0.3) is 5.56 Å². The molecule has 0 amide bonds. The molecule has 168 valence electrons. The Bertz CT molecular complexity index is 1340. The minimum absolute atomic E-state index is 0.235. The first-order valence-electron chi connectivity index (χ1n) is 10.9. The molecule has 3 aromatic rings. The summed E-state index contributed by atoms with van der Waals surface area (Å²) in [6, 6.07) is 15.5. The van der Waals surface area contributed by atoms with Gasteiger partial charge in [0.15, 0.2) is 0 Å². The van der Waals surface area contributed by atoms with Gasteiger partial charge < -0.3 is 14.9 Å². The fourth-order valence-corrected chi connectivity index (χ4v) is 3.95. The maximum atomic E-state index is 12.4. The van der Waals surface area contributed by atoms with Crippen LogP contribution in [0.5, 0.6) is 5.88 Å². The van der Waals surface area contributed by atoms with E-state index >= 15 is 0 Å². The van der Waals surface area contributed by atoms with E-state index in [2.05, 4.69) is 45.0 Å². The van der Waals surface area contributed by atoms with Gasteiger partial charge in [0.1, 0.15) is 0 Å². The number of aromatic hydroxyl groups is 1. The van der Waals surface area contributed by atoms with Crippen molar-refractivity contribution in [3.8, 4) is 11.9 Å². The second kappa shape index (κ2) is 9.31. The highest BCUT2D eigenvalue weighted by molar-refractivity contribution is 6.03. The summed E-state index contributed by atoms with van der Waals surface area (Å²) in [5.74, 6) is -0.235. The number of hydrogen-bond donors (Lipinski definition) is 2. The molecule has 2 N–H and O–H groups in total. The monoisotopic (exact) mass is 441 g/mol. The van der Waals surface area contributed by atoms with Gasteiger partial charge in [-0.2, -0.15) is 5.26 Å². The van der Waals surface area contributed by atoms with E-state index in [1.54, 1.807) is 19.2 Å². The number of pyridine rings is 1. The number of piperazine rings is 1. The first-order valence-corrected chi connectivity index (χ1v) is 10.9. The minimum Gasteiger partial charge on any atom is -0.494 e. The summed E-state index contributed by atoms with van der Waals surface area (Å²) >= 11 is 0. The number of aliphatic imine (C=N–C) groups is 1. The van der Waals surface area contributed by atoms with Crippen LogP contribution >= 0.6 is 0 Å². The average Bonchev–Trinajstić information content (AvgIpc) is 2.83. The Morgan fingerprint density at radius 3 is 2.45 bits per heavy atom. The summed E-state index contributed by atoms with van der Waals surface area (Å²) in [6.45, 7) is 7.70. The van der Waals surface area contributed by atoms with Gasteiger partial charge in [-0.05, 0) is 68.4 Å². The molecule has 1 saturated heterocycles. The smallest absolute Gasteiger partial charge is 0.258 e. The summed E-state index contributed by atoms with van der Waals surface area (Å²) in [7, 11) is 2.14. The number of nitrogens with one attached hydrogen (secondary N) is 1. The SMILES string of the molecule is CC(C#N)=C(C)c1ccc2c(=O)[nH]c(O)c(C=Nc3ccc(N4CCN(C)CC4)cc3)c2c1. The first kappa shape index (κ1) is 22.3. The highest BCUT2D eigenvalue weighted by Crippen LogP contribution is 2.27. The Balaban J connectivity index is 1.68. The van der Waals surface area contributed by atoms with E-state index in [1.165, 1.54) is 5.69 Å². The number of nitriles is 1. The Morgan fingerprint density at radius 2 is 1.79 bits per heavy atom. The number of likely N-dealkylation sites (N-methyl/N-ethyl adjacent to an activating group) is 1. The normalized spacial score (nSPS) is 15.6. The zero-order valence-electron chi connectivity index (χ0n) is 19.1. The van der Waals surface area contributed by atoms with Gasteiger partial charge >= 0.3 is 0 Å². The molecular formula is C26H27N5O2. The molecule has 7 nitrogen and oxygen atoms in total. The molecule has 1 aliphatic heterocycles. The molecular weight excluding hydrogens is 414 g/mol. The van der Waals surface area contributed by atoms with E-state index in [1.807, 2.05) is 31.2 Å². The lowest BCUT2D eigenvalue weighted by Crippen LogP contribution is -2.44. The number of aromatic nitrogens is 1. The Hall–Kier alpha value is -3.89. The Kier molecular flexibility index (Phi) is 6.29. The topological polar surface area (TPSA) is 95.7 Å². The fourth-order valence-electron chi connectivity index (χ4n) is 3.95. The zero-order valence-corrected chi connectivity index (χ0v) is 19.1. The lowest BCUT2D eigenvalue weighted by atomic mass is 9.98. The third kappa shape index (κ3) is 4.66. The Labute approximate surface area is 192 Å².